The molecule has 12 unspecified atom stereocenters. The van der Waals surface area contributed by atoms with Gasteiger partial charge in [-0.25, -0.2) is 0 Å². The molecule has 0 aromatic carbocycles. The van der Waals surface area contributed by atoms with E-state index in [1.54, 1.807) is 0 Å². The van der Waals surface area contributed by atoms with E-state index in [9.17, 15) is 25.2 Å². The van der Waals surface area contributed by atoms with Crippen molar-refractivity contribution in [1.82, 2.24) is 0 Å². The summed E-state index contributed by atoms with van der Waals surface area (Å²) in [4.78, 5) is 10.8. The van der Waals surface area contributed by atoms with Crippen LogP contribution in [-0.2, 0) is 23.7 Å². The Bertz CT molecular complexity index is 674. The molecule has 9 nitrogen and oxygen atoms in total. The van der Waals surface area contributed by atoms with E-state index in [2.05, 4.69) is 27.7 Å². The van der Waals surface area contributed by atoms with Crippen LogP contribution >= 0.6 is 0 Å². The van der Waals surface area contributed by atoms with Gasteiger partial charge >= 0.3 is 5.97 Å². The molecule has 3 fully saturated rings. The van der Waals surface area contributed by atoms with Crippen molar-refractivity contribution in [3.8, 4) is 0 Å². The van der Waals surface area contributed by atoms with Crippen LogP contribution in [0.15, 0.2) is 0 Å². The topological polar surface area (TPSA) is 135 Å². The fraction of sp³-hybridized carbons (Fsp3) is 0.971. The van der Waals surface area contributed by atoms with Gasteiger partial charge in [0.1, 0.15) is 12.2 Å². The van der Waals surface area contributed by atoms with E-state index in [1.807, 2.05) is 41.5 Å². The van der Waals surface area contributed by atoms with E-state index in [0.29, 0.717) is 31.0 Å². The third-order valence-corrected chi connectivity index (χ3v) is 8.35. The van der Waals surface area contributed by atoms with E-state index in [-0.39, 0.29) is 104 Å². The summed E-state index contributed by atoms with van der Waals surface area (Å²) in [5, 5.41) is 39.0. The van der Waals surface area contributed by atoms with Crippen LogP contribution < -0.4 is 0 Å². The van der Waals surface area contributed by atoms with Crippen LogP contribution in [0.5, 0.6) is 0 Å². The Balaban J connectivity index is -0.000000165. The van der Waals surface area contributed by atoms with Gasteiger partial charge in [0.2, 0.25) is 0 Å². The minimum Gasteiger partial charge on any atom is -0.460 e. The third-order valence-electron chi connectivity index (χ3n) is 8.35. The molecular formula is C34H74AmO9. The van der Waals surface area contributed by atoms with Crippen molar-refractivity contribution in [2.75, 3.05) is 19.8 Å². The van der Waals surface area contributed by atoms with Crippen LogP contribution in [0.2, 0.25) is 0 Å². The van der Waals surface area contributed by atoms with Crippen molar-refractivity contribution in [3.63, 3.8) is 0 Å². The SMILES string of the molecule is C.C.C.C.CC(=O)OC1COC(C(C)C)C(O)C1C.CC(C)C1OCC(C)C(C)C1O.CC(C)C1OCC(C)C(O)C1O.[Am]. The van der Waals surface area contributed by atoms with Gasteiger partial charge in [0.25, 0.3) is 0 Å². The van der Waals surface area contributed by atoms with E-state index >= 15 is 0 Å². The molecule has 10 heteroatoms. The first kappa shape index (κ1) is 53.1. The molecule has 3 aliphatic rings. The summed E-state index contributed by atoms with van der Waals surface area (Å²) in [6.45, 7) is 23.2. The number of ether oxygens (including phenoxy) is 4. The smallest absolute Gasteiger partial charge is 0.302 e. The molecule has 0 bridgehead atoms. The predicted molar refractivity (Wildman–Crippen MR) is 177 cm³/mol. The fourth-order valence-corrected chi connectivity index (χ4v) is 5.23. The van der Waals surface area contributed by atoms with Crippen LogP contribution in [0.25, 0.3) is 0 Å². The van der Waals surface area contributed by atoms with Crippen LogP contribution in [0.3, 0.4) is 0 Å². The average Bonchev–Trinajstić information content (AvgIpc) is 2.84. The third kappa shape index (κ3) is 15.4. The van der Waals surface area contributed by atoms with Gasteiger partial charge in [0, 0.05) is 39.6 Å². The van der Waals surface area contributed by atoms with Gasteiger partial charge in [0.05, 0.1) is 49.8 Å². The summed E-state index contributed by atoms with van der Waals surface area (Å²) in [5.41, 5.74) is 0. The van der Waals surface area contributed by atoms with E-state index in [1.165, 1.54) is 6.92 Å². The number of esters is 1. The van der Waals surface area contributed by atoms with Crippen molar-refractivity contribution < 1.29 is 58.5 Å². The molecule has 271 valence electrons. The Morgan fingerprint density at radius 1 is 0.591 bits per heavy atom. The maximum absolute atomic E-state index is 10.8. The minimum absolute atomic E-state index is 0. The van der Waals surface area contributed by atoms with Crippen molar-refractivity contribution in [1.29, 1.82) is 0 Å². The molecule has 0 aliphatic carbocycles. The molecule has 3 saturated heterocycles. The van der Waals surface area contributed by atoms with Crippen molar-refractivity contribution in [2.24, 2.45) is 41.4 Å². The number of hydrogen-bond acceptors (Lipinski definition) is 9. The Hall–Kier alpha value is -0.420. The average molecular weight is 870 g/mol. The quantitative estimate of drug-likeness (QED) is 0.267. The molecule has 0 amide bonds. The van der Waals surface area contributed by atoms with Crippen LogP contribution in [-0.4, -0.2) is 95.0 Å². The summed E-state index contributed by atoms with van der Waals surface area (Å²) in [6, 6.07) is 0. The Morgan fingerprint density at radius 3 is 1.32 bits per heavy atom. The first-order valence-electron chi connectivity index (χ1n) is 14.7. The predicted octanol–water partition coefficient (Wildman–Crippen LogP) is 5.59. The number of aliphatic hydroxyl groups excluding tert-OH is 4. The molecular weight excluding hydrogens is 795 g/mol. The molecule has 3 rings (SSSR count). The second-order valence-electron chi connectivity index (χ2n) is 12.9. The molecule has 12 atom stereocenters. The standard InChI is InChI=1S/C11H20O4.C10H20O2.C9H18O3.4CH4.Am/c1-6(2)11-10(13)7(3)9(5-14-11)15-8(4)12;1-6(2)10-9(11)8(4)7(3)5-12-10;1-5(2)9-8(11)7(10)6(3)4-12-9;;;;;/h6-7,9-11,13H,5H2,1-4H3;6-11H,5H2,1-4H3;5-11H,4H2,1-3H3;4*1H4;. The normalized spacial score (nSPS) is 36.2. The fourth-order valence-electron chi connectivity index (χ4n) is 5.23. The minimum atomic E-state index is -0.728. The maximum atomic E-state index is 10.8. The van der Waals surface area contributed by atoms with Gasteiger partial charge in [0.15, 0.2) is 0 Å². The number of rotatable bonds is 4. The molecule has 0 spiro atoms. The molecule has 4 N–H and O–H groups in total. The summed E-state index contributed by atoms with van der Waals surface area (Å²) in [5.74, 6) is 1.41. The van der Waals surface area contributed by atoms with Gasteiger partial charge < -0.3 is 39.4 Å². The second-order valence-corrected chi connectivity index (χ2v) is 12.9. The van der Waals surface area contributed by atoms with Gasteiger partial charge in [-0.3, -0.25) is 4.79 Å². The Kier molecular flexibility index (Phi) is 29.8. The molecule has 0 aromatic rings. The monoisotopic (exact) mass is 868 g/mol. The number of carbonyl (C=O) groups is 1. The zero-order valence-electron chi connectivity index (χ0n) is 26.5. The first-order valence-corrected chi connectivity index (χ1v) is 14.7. The molecule has 44 heavy (non-hydrogen) atoms. The zero-order chi connectivity index (χ0) is 30.2. The van der Waals surface area contributed by atoms with Crippen molar-refractivity contribution >= 4 is 5.97 Å². The number of carbonyl (C=O) groups excluding carboxylic acids is 1. The van der Waals surface area contributed by atoms with Crippen molar-refractivity contribution in [2.45, 2.75) is 155 Å². The number of aliphatic hydroxyl groups is 4. The summed E-state index contributed by atoms with van der Waals surface area (Å²) in [6.07, 6.45) is -2.87. The Morgan fingerprint density at radius 2 is 0.932 bits per heavy atom. The molecule has 3 heterocycles. The van der Waals surface area contributed by atoms with Gasteiger partial charge in [-0.15, -0.1) is 0 Å². The largest absolute Gasteiger partial charge is 0.460 e. The maximum Gasteiger partial charge on any atom is 0.302 e. The first-order chi connectivity index (χ1) is 18.0. The van der Waals surface area contributed by atoms with Crippen molar-refractivity contribution in [3.05, 3.63) is 0 Å². The van der Waals surface area contributed by atoms with E-state index in [4.69, 9.17) is 18.9 Å². The molecule has 1 radical (unpaired) electrons. The molecule has 0 aromatic heterocycles. The Labute approximate surface area is 280 Å². The number of hydrogen-bond donors (Lipinski definition) is 4. The molecule has 0 saturated carbocycles. The van der Waals surface area contributed by atoms with Crippen LogP contribution in [0, 0.1) is 55.7 Å². The van der Waals surface area contributed by atoms with E-state index < -0.39 is 18.3 Å². The molecule has 3 aliphatic heterocycles. The zero-order valence-corrected chi connectivity index (χ0v) is 29.6. The van der Waals surface area contributed by atoms with Gasteiger partial charge in [-0.1, -0.05) is 98.9 Å². The van der Waals surface area contributed by atoms with Gasteiger partial charge in [-0.2, -0.15) is 0 Å². The van der Waals surface area contributed by atoms with Gasteiger partial charge in [-0.05, 0) is 29.6 Å². The summed E-state index contributed by atoms with van der Waals surface area (Å²) >= 11 is 0. The van der Waals surface area contributed by atoms with Crippen LogP contribution in [0.4, 0.5) is 0 Å². The van der Waals surface area contributed by atoms with E-state index in [0.717, 1.165) is 6.61 Å². The summed E-state index contributed by atoms with van der Waals surface area (Å²) < 4.78 is 21.6. The van der Waals surface area contributed by atoms with Crippen LogP contribution in [0.1, 0.15) is 106 Å². The second kappa shape index (κ2) is 24.7. The summed E-state index contributed by atoms with van der Waals surface area (Å²) in [7, 11) is 0.